The maximum atomic E-state index is 4.95. The number of hydrogen-bond donors (Lipinski definition) is 0. The average molecular weight is 110 g/mol. The minimum atomic E-state index is 0.467. The number of hydrogen-bond acceptors (Lipinski definition) is 1. The fourth-order valence-corrected chi connectivity index (χ4v) is 0.510. The molecule has 2 nitrogen and oxygen atoms in total. The summed E-state index contributed by atoms with van der Waals surface area (Å²) in [7, 11) is 0. The summed E-state index contributed by atoms with van der Waals surface area (Å²) in [4.78, 5) is 4.95. The van der Waals surface area contributed by atoms with Crippen molar-refractivity contribution in [2.24, 2.45) is 0 Å². The summed E-state index contributed by atoms with van der Waals surface area (Å²) < 4.78 is 1.62. The largest absolute Gasteiger partial charge is 0.414 e. The zero-order valence-electron chi connectivity index (χ0n) is 4.58. The highest BCUT2D eigenvalue weighted by atomic mass is 16.7. The van der Waals surface area contributed by atoms with Crippen molar-refractivity contribution >= 4 is 0 Å². The molecule has 0 atom stereocenters. The maximum absolute atomic E-state index is 4.95. The van der Waals surface area contributed by atoms with E-state index in [1.165, 1.54) is 0 Å². The lowest BCUT2D eigenvalue weighted by Gasteiger charge is -1.99. The van der Waals surface area contributed by atoms with Gasteiger partial charge in [0.25, 0.3) is 0 Å². The summed E-state index contributed by atoms with van der Waals surface area (Å²) in [5, 5.41) is 0. The Hall–Kier alpha value is -0.920. The molecule has 1 heterocycles. The molecule has 0 N–H and O–H groups in total. The summed E-state index contributed by atoms with van der Waals surface area (Å²) in [6.07, 6.45) is 3.65. The first kappa shape index (κ1) is 5.22. The molecule has 1 aromatic rings. The van der Waals surface area contributed by atoms with E-state index in [4.69, 9.17) is 4.84 Å². The second kappa shape index (κ2) is 2.40. The fourth-order valence-electron chi connectivity index (χ4n) is 0.510. The Balaban J connectivity index is 2.50. The molecule has 0 aliphatic carbocycles. The molecule has 0 saturated carbocycles. The second-order valence-electron chi connectivity index (χ2n) is 1.38. The van der Waals surface area contributed by atoms with Crippen molar-refractivity contribution < 1.29 is 4.84 Å². The van der Waals surface area contributed by atoms with Gasteiger partial charge in [-0.15, -0.1) is 0 Å². The van der Waals surface area contributed by atoms with Crippen LogP contribution in [0.25, 0.3) is 0 Å². The van der Waals surface area contributed by atoms with Crippen molar-refractivity contribution in [1.29, 1.82) is 0 Å². The summed E-state index contributed by atoms with van der Waals surface area (Å²) in [6, 6.07) is 3.80. The standard InChI is InChI=1S/C6H8NO/c1-2-8-7-5-3-4-6-7/h3-6H,1-2H2. The van der Waals surface area contributed by atoms with Crippen LogP contribution in [0.15, 0.2) is 24.5 Å². The van der Waals surface area contributed by atoms with Crippen LogP contribution < -0.4 is 4.84 Å². The first-order valence-electron chi connectivity index (χ1n) is 2.49. The van der Waals surface area contributed by atoms with Gasteiger partial charge in [-0.25, -0.2) is 0 Å². The molecule has 0 saturated heterocycles. The lowest BCUT2D eigenvalue weighted by atomic mass is 10.7. The molecule has 0 aliphatic rings. The number of aromatic nitrogens is 1. The van der Waals surface area contributed by atoms with Crippen LogP contribution in [-0.4, -0.2) is 11.3 Å². The highest BCUT2D eigenvalue weighted by Gasteiger charge is 1.79. The minimum Gasteiger partial charge on any atom is -0.414 e. The van der Waals surface area contributed by atoms with E-state index in [1.807, 2.05) is 24.5 Å². The monoisotopic (exact) mass is 110 g/mol. The lowest BCUT2D eigenvalue weighted by molar-refractivity contribution is 0.134. The van der Waals surface area contributed by atoms with E-state index in [0.29, 0.717) is 6.61 Å². The molecule has 0 fully saturated rings. The van der Waals surface area contributed by atoms with E-state index in [0.717, 1.165) is 0 Å². The molecule has 1 radical (unpaired) electrons. The van der Waals surface area contributed by atoms with Crippen molar-refractivity contribution in [1.82, 2.24) is 4.73 Å². The maximum Gasteiger partial charge on any atom is 0.115 e. The minimum absolute atomic E-state index is 0.467. The third-order valence-electron chi connectivity index (χ3n) is 0.817. The van der Waals surface area contributed by atoms with E-state index in [2.05, 4.69) is 6.92 Å². The summed E-state index contributed by atoms with van der Waals surface area (Å²) in [5.41, 5.74) is 0. The van der Waals surface area contributed by atoms with Crippen molar-refractivity contribution in [2.45, 2.75) is 0 Å². The van der Waals surface area contributed by atoms with Gasteiger partial charge in [-0.05, 0) is 19.1 Å². The van der Waals surface area contributed by atoms with Gasteiger partial charge < -0.3 is 4.84 Å². The Kier molecular flexibility index (Phi) is 1.57. The van der Waals surface area contributed by atoms with Gasteiger partial charge in [-0.3, -0.25) is 0 Å². The van der Waals surface area contributed by atoms with Crippen molar-refractivity contribution in [3.8, 4) is 0 Å². The predicted molar refractivity (Wildman–Crippen MR) is 31.2 cm³/mol. The van der Waals surface area contributed by atoms with E-state index in [9.17, 15) is 0 Å². The molecular formula is C6H8NO. The zero-order chi connectivity index (χ0) is 5.82. The van der Waals surface area contributed by atoms with E-state index in [1.54, 1.807) is 4.73 Å². The van der Waals surface area contributed by atoms with Crippen molar-refractivity contribution in [3.63, 3.8) is 0 Å². The molecule has 0 bridgehead atoms. The molecule has 1 aromatic heterocycles. The van der Waals surface area contributed by atoms with Crippen LogP contribution in [0, 0.1) is 6.92 Å². The smallest absolute Gasteiger partial charge is 0.115 e. The van der Waals surface area contributed by atoms with Gasteiger partial charge in [0.1, 0.15) is 6.61 Å². The van der Waals surface area contributed by atoms with Crippen LogP contribution in [0.4, 0.5) is 0 Å². The third-order valence-corrected chi connectivity index (χ3v) is 0.817. The van der Waals surface area contributed by atoms with Crippen molar-refractivity contribution in [2.75, 3.05) is 6.61 Å². The van der Waals surface area contributed by atoms with Gasteiger partial charge in [-0.1, -0.05) is 0 Å². The molecule has 0 aromatic carbocycles. The molecule has 0 amide bonds. The predicted octanol–water partition coefficient (Wildman–Crippen LogP) is 0.751. The van der Waals surface area contributed by atoms with Crippen LogP contribution in [0.1, 0.15) is 0 Å². The van der Waals surface area contributed by atoms with Gasteiger partial charge in [0, 0.05) is 12.4 Å². The lowest BCUT2D eigenvalue weighted by Crippen LogP contribution is -2.06. The molecule has 0 unspecified atom stereocenters. The number of rotatable bonds is 2. The van der Waals surface area contributed by atoms with Crippen molar-refractivity contribution in [3.05, 3.63) is 31.5 Å². The molecule has 43 valence electrons. The van der Waals surface area contributed by atoms with Gasteiger partial charge in [0.2, 0.25) is 0 Å². The molecular weight excluding hydrogens is 102 g/mol. The van der Waals surface area contributed by atoms with Gasteiger partial charge >= 0.3 is 0 Å². The highest BCUT2D eigenvalue weighted by Crippen LogP contribution is 1.83. The Morgan fingerprint density at radius 3 is 2.50 bits per heavy atom. The van der Waals surface area contributed by atoms with E-state index < -0.39 is 0 Å². The van der Waals surface area contributed by atoms with E-state index >= 15 is 0 Å². The molecule has 1 rings (SSSR count). The first-order chi connectivity index (χ1) is 3.93. The zero-order valence-corrected chi connectivity index (χ0v) is 4.58. The van der Waals surface area contributed by atoms with Gasteiger partial charge in [0.05, 0.1) is 0 Å². The van der Waals surface area contributed by atoms with Gasteiger partial charge in [-0.2, -0.15) is 4.73 Å². The van der Waals surface area contributed by atoms with Crippen LogP contribution >= 0.6 is 0 Å². The molecule has 0 aliphatic heterocycles. The van der Waals surface area contributed by atoms with Crippen LogP contribution in [0.3, 0.4) is 0 Å². The third kappa shape index (κ3) is 1.03. The summed E-state index contributed by atoms with van der Waals surface area (Å²) in [6.45, 7) is 3.98. The Bertz CT molecular complexity index is 134. The van der Waals surface area contributed by atoms with Crippen LogP contribution in [-0.2, 0) is 0 Å². The quantitative estimate of drug-likeness (QED) is 0.548. The fraction of sp³-hybridized carbons (Fsp3) is 0.167. The molecule has 8 heavy (non-hydrogen) atoms. The normalized spacial score (nSPS) is 9.12. The van der Waals surface area contributed by atoms with Gasteiger partial charge in [0.15, 0.2) is 0 Å². The first-order valence-corrected chi connectivity index (χ1v) is 2.49. The highest BCUT2D eigenvalue weighted by molar-refractivity contribution is 4.87. The topological polar surface area (TPSA) is 14.2 Å². The van der Waals surface area contributed by atoms with Crippen LogP contribution in [0.2, 0.25) is 0 Å². The second-order valence-corrected chi connectivity index (χ2v) is 1.38. The Labute approximate surface area is 48.6 Å². The summed E-state index contributed by atoms with van der Waals surface area (Å²) >= 11 is 0. The molecule has 0 spiro atoms. The van der Waals surface area contributed by atoms with E-state index in [-0.39, 0.29) is 0 Å². The summed E-state index contributed by atoms with van der Waals surface area (Å²) in [5.74, 6) is 0. The average Bonchev–Trinajstić information content (AvgIpc) is 2.19. The molecule has 2 heteroatoms. The Morgan fingerprint density at radius 2 is 2.00 bits per heavy atom. The number of nitrogens with zero attached hydrogens (tertiary/aromatic N) is 1. The SMILES string of the molecule is [CH2]COn1cccc1. The van der Waals surface area contributed by atoms with Crippen LogP contribution in [0.5, 0.6) is 0 Å². The Morgan fingerprint density at radius 1 is 1.38 bits per heavy atom.